The van der Waals surface area contributed by atoms with Crippen LogP contribution in [0.25, 0.3) is 11.0 Å². The summed E-state index contributed by atoms with van der Waals surface area (Å²) >= 11 is 3.64. The fraction of sp³-hybridized carbons (Fsp3) is 0.438. The zero-order chi connectivity index (χ0) is 30.6. The van der Waals surface area contributed by atoms with Gasteiger partial charge < -0.3 is 25.6 Å². The second-order valence-electron chi connectivity index (χ2n) is 11.5. The van der Waals surface area contributed by atoms with Crippen molar-refractivity contribution in [1.82, 2.24) is 30.2 Å². The summed E-state index contributed by atoms with van der Waals surface area (Å²) in [5.74, 6) is 1.93. The highest BCUT2D eigenvalue weighted by atomic mass is 79.9. The van der Waals surface area contributed by atoms with E-state index in [2.05, 4.69) is 95.1 Å². The van der Waals surface area contributed by atoms with Gasteiger partial charge in [0.15, 0.2) is 0 Å². The third-order valence-corrected chi connectivity index (χ3v) is 10.5. The average molecular weight is 679 g/mol. The minimum Gasteiger partial charge on any atom is -0.494 e. The number of halogens is 1. The Morgan fingerprint density at radius 3 is 2.50 bits per heavy atom. The molecule has 0 atom stereocenters. The summed E-state index contributed by atoms with van der Waals surface area (Å²) in [5, 5.41) is 11.6. The van der Waals surface area contributed by atoms with Gasteiger partial charge in [-0.25, -0.2) is 4.98 Å². The standard InChI is InChI=1S/C32H41BrN9OP/c1-5-21-18-26(28(43-2)19-27(21)42-14-8-22(9-15-42)41-16-12-34-13-17-41)39-32-37-20-23(33)31(40-32)38-25-7-6-24-29(30(25)44(3)4)36-11-10-35-24/h6-7,10-11,18-20,22,34H,5,8-9,12-17H2,1-4H3,(H2,37,38,39,40). The number of piperazine rings is 1. The second-order valence-corrected chi connectivity index (χ2v) is 14.5. The normalized spacial score (nSPS) is 16.5. The van der Waals surface area contributed by atoms with E-state index in [0.717, 1.165) is 83.6 Å². The van der Waals surface area contributed by atoms with E-state index < -0.39 is 7.92 Å². The Labute approximate surface area is 269 Å². The Bertz CT molecular complexity index is 1610. The predicted octanol–water partition coefficient (Wildman–Crippen LogP) is 5.48. The molecule has 0 radical (unpaired) electrons. The predicted molar refractivity (Wildman–Crippen MR) is 186 cm³/mol. The molecule has 0 spiro atoms. The fourth-order valence-corrected chi connectivity index (χ4v) is 7.81. The van der Waals surface area contributed by atoms with Gasteiger partial charge in [0.1, 0.15) is 11.6 Å². The molecule has 232 valence electrons. The van der Waals surface area contributed by atoms with Crippen molar-refractivity contribution in [2.24, 2.45) is 0 Å². The highest BCUT2D eigenvalue weighted by molar-refractivity contribution is 9.10. The first kappa shape index (κ1) is 30.9. The molecule has 2 aromatic carbocycles. The number of hydrogen-bond acceptors (Lipinski definition) is 10. The average Bonchev–Trinajstić information content (AvgIpc) is 3.06. The summed E-state index contributed by atoms with van der Waals surface area (Å²) in [7, 11) is 1.26. The first-order valence-electron chi connectivity index (χ1n) is 15.3. The summed E-state index contributed by atoms with van der Waals surface area (Å²) in [6, 6.07) is 9.10. The maximum Gasteiger partial charge on any atom is 0.229 e. The van der Waals surface area contributed by atoms with Gasteiger partial charge in [-0.3, -0.25) is 14.9 Å². The number of methoxy groups -OCH3 is 1. The number of aryl methyl sites for hydroxylation is 1. The maximum atomic E-state index is 5.90. The summed E-state index contributed by atoms with van der Waals surface area (Å²) in [5.41, 5.74) is 6.17. The minimum absolute atomic E-state index is 0.462. The minimum atomic E-state index is -0.462. The topological polar surface area (TPSA) is 103 Å². The molecule has 44 heavy (non-hydrogen) atoms. The summed E-state index contributed by atoms with van der Waals surface area (Å²) < 4.78 is 6.67. The largest absolute Gasteiger partial charge is 0.494 e. The Morgan fingerprint density at radius 2 is 1.77 bits per heavy atom. The lowest BCUT2D eigenvalue weighted by atomic mass is 9.99. The first-order valence-corrected chi connectivity index (χ1v) is 18.4. The van der Waals surface area contributed by atoms with Crippen molar-refractivity contribution in [3.8, 4) is 5.75 Å². The lowest BCUT2D eigenvalue weighted by Crippen LogP contribution is -2.52. The third-order valence-electron chi connectivity index (χ3n) is 8.56. The molecule has 0 unspecified atom stereocenters. The van der Waals surface area contributed by atoms with Crippen molar-refractivity contribution in [3.05, 3.63) is 52.9 Å². The van der Waals surface area contributed by atoms with Gasteiger partial charge >= 0.3 is 0 Å². The maximum absolute atomic E-state index is 5.90. The van der Waals surface area contributed by atoms with Crippen LogP contribution in [-0.2, 0) is 6.42 Å². The first-order chi connectivity index (χ1) is 21.4. The molecule has 3 N–H and O–H groups in total. The van der Waals surface area contributed by atoms with Gasteiger partial charge in [0.2, 0.25) is 5.95 Å². The fourth-order valence-electron chi connectivity index (χ4n) is 6.32. The van der Waals surface area contributed by atoms with Crippen LogP contribution in [-0.4, -0.2) is 90.6 Å². The number of ether oxygens (including phenoxy) is 1. The van der Waals surface area contributed by atoms with Crippen molar-refractivity contribution in [3.63, 3.8) is 0 Å². The summed E-state index contributed by atoms with van der Waals surface area (Å²) in [4.78, 5) is 23.8. The number of piperidine rings is 1. The number of anilines is 5. The number of nitrogens with one attached hydrogen (secondary N) is 3. The van der Waals surface area contributed by atoms with E-state index in [0.29, 0.717) is 17.8 Å². The Kier molecular flexibility index (Phi) is 9.76. The van der Waals surface area contributed by atoms with Crippen LogP contribution in [0.3, 0.4) is 0 Å². The SMILES string of the molecule is CCc1cc(Nc2ncc(Br)c(Nc3ccc4nccnc4c3P(C)C)n2)c(OC)cc1N1CCC(N2CCNCC2)CC1. The third kappa shape index (κ3) is 6.61. The molecule has 2 aromatic heterocycles. The van der Waals surface area contributed by atoms with Crippen molar-refractivity contribution >= 4 is 69.0 Å². The molecule has 10 nitrogen and oxygen atoms in total. The van der Waals surface area contributed by atoms with E-state index in [4.69, 9.17) is 9.72 Å². The van der Waals surface area contributed by atoms with Crippen LogP contribution in [0.5, 0.6) is 5.75 Å². The van der Waals surface area contributed by atoms with Gasteiger partial charge in [0, 0.05) is 86.6 Å². The van der Waals surface area contributed by atoms with Crippen LogP contribution in [0.1, 0.15) is 25.3 Å². The molecule has 2 fully saturated rings. The van der Waals surface area contributed by atoms with Gasteiger partial charge in [0.25, 0.3) is 0 Å². The molecule has 6 rings (SSSR count). The molecule has 2 saturated heterocycles. The van der Waals surface area contributed by atoms with Crippen LogP contribution < -0.4 is 30.9 Å². The smallest absolute Gasteiger partial charge is 0.229 e. The number of aromatic nitrogens is 4. The molecule has 0 amide bonds. The van der Waals surface area contributed by atoms with Gasteiger partial charge in [-0.2, -0.15) is 4.98 Å². The number of benzene rings is 2. The number of nitrogens with zero attached hydrogens (tertiary/aromatic N) is 6. The molecule has 0 saturated carbocycles. The quantitative estimate of drug-likeness (QED) is 0.197. The van der Waals surface area contributed by atoms with E-state index in [1.807, 2.05) is 6.07 Å². The molecule has 12 heteroatoms. The lowest BCUT2D eigenvalue weighted by Gasteiger charge is -2.41. The van der Waals surface area contributed by atoms with Crippen LogP contribution in [0.15, 0.2) is 47.3 Å². The zero-order valence-corrected chi connectivity index (χ0v) is 28.4. The molecule has 2 aliphatic rings. The molecule has 4 heterocycles. The van der Waals surface area contributed by atoms with Crippen molar-refractivity contribution in [2.75, 3.05) is 75.2 Å². The monoisotopic (exact) mass is 677 g/mol. The Morgan fingerprint density at radius 1 is 1.00 bits per heavy atom. The highest BCUT2D eigenvalue weighted by Crippen LogP contribution is 2.38. The van der Waals surface area contributed by atoms with Crippen molar-refractivity contribution < 1.29 is 4.74 Å². The Balaban J connectivity index is 1.23. The van der Waals surface area contributed by atoms with Gasteiger partial charge in [-0.15, -0.1) is 0 Å². The van der Waals surface area contributed by atoms with Crippen molar-refractivity contribution in [2.45, 2.75) is 32.2 Å². The van der Waals surface area contributed by atoms with Gasteiger partial charge in [-0.05, 0) is 72.3 Å². The molecule has 4 aromatic rings. The van der Waals surface area contributed by atoms with E-state index >= 15 is 0 Å². The van der Waals surface area contributed by atoms with Gasteiger partial charge in [0.05, 0.1) is 28.3 Å². The van der Waals surface area contributed by atoms with Crippen molar-refractivity contribution in [1.29, 1.82) is 0 Å². The molecule has 0 aliphatic carbocycles. The molecule has 2 aliphatic heterocycles. The zero-order valence-electron chi connectivity index (χ0n) is 25.9. The van der Waals surface area contributed by atoms with E-state index in [1.165, 1.54) is 24.1 Å². The van der Waals surface area contributed by atoms with Crippen LogP contribution in [0, 0.1) is 0 Å². The van der Waals surface area contributed by atoms with Gasteiger partial charge in [-0.1, -0.05) is 14.8 Å². The summed E-state index contributed by atoms with van der Waals surface area (Å²) in [6.07, 6.45) is 8.55. The highest BCUT2D eigenvalue weighted by Gasteiger charge is 2.27. The number of fused-ring (bicyclic) bond motifs is 1. The van der Waals surface area contributed by atoms with E-state index in [9.17, 15) is 0 Å². The Hall–Kier alpha value is -3.11. The van der Waals surface area contributed by atoms with E-state index in [1.54, 1.807) is 25.7 Å². The lowest BCUT2D eigenvalue weighted by molar-refractivity contribution is 0.150. The van der Waals surface area contributed by atoms with E-state index in [-0.39, 0.29) is 0 Å². The second kappa shape index (κ2) is 13.9. The summed E-state index contributed by atoms with van der Waals surface area (Å²) in [6.45, 7) is 13.3. The van der Waals surface area contributed by atoms with Crippen LogP contribution in [0.2, 0.25) is 0 Å². The molecular formula is C32H41BrN9OP. The molecular weight excluding hydrogens is 637 g/mol. The molecule has 0 bridgehead atoms. The van der Waals surface area contributed by atoms with Crippen LogP contribution >= 0.6 is 23.9 Å². The van der Waals surface area contributed by atoms with Crippen LogP contribution in [0.4, 0.5) is 28.8 Å². The number of rotatable bonds is 9. The number of hydrogen-bond donors (Lipinski definition) is 3.